The second-order valence-electron chi connectivity index (χ2n) is 6.93. The van der Waals surface area contributed by atoms with Crippen LogP contribution in [0.1, 0.15) is 55.0 Å². The Labute approximate surface area is 128 Å². The highest BCUT2D eigenvalue weighted by atomic mass is 14.9. The van der Waals surface area contributed by atoms with Gasteiger partial charge in [-0.1, -0.05) is 67.9 Å². The Morgan fingerprint density at radius 1 is 1.05 bits per heavy atom. The Bertz CT molecular complexity index is 610. The lowest BCUT2D eigenvalue weighted by Crippen LogP contribution is -2.32. The van der Waals surface area contributed by atoms with Crippen molar-refractivity contribution in [3.05, 3.63) is 70.8 Å². The van der Waals surface area contributed by atoms with Gasteiger partial charge in [-0.15, -0.1) is 0 Å². The smallest absolute Gasteiger partial charge is 0.0326 e. The van der Waals surface area contributed by atoms with Gasteiger partial charge >= 0.3 is 0 Å². The molecule has 2 aromatic rings. The van der Waals surface area contributed by atoms with Crippen molar-refractivity contribution in [3.8, 4) is 0 Å². The van der Waals surface area contributed by atoms with Crippen molar-refractivity contribution in [2.75, 3.05) is 0 Å². The molecule has 1 N–H and O–H groups in total. The van der Waals surface area contributed by atoms with Crippen LogP contribution in [0.2, 0.25) is 0 Å². The molecule has 21 heavy (non-hydrogen) atoms. The minimum atomic E-state index is 0.304. The summed E-state index contributed by atoms with van der Waals surface area (Å²) in [6, 6.07) is 18.2. The van der Waals surface area contributed by atoms with Gasteiger partial charge in [-0.25, -0.2) is 0 Å². The van der Waals surface area contributed by atoms with Crippen molar-refractivity contribution in [3.63, 3.8) is 0 Å². The maximum Gasteiger partial charge on any atom is 0.0326 e. The molecule has 0 aromatic heterocycles. The number of fused-ring (bicyclic) bond motifs is 1. The molecule has 3 rings (SSSR count). The summed E-state index contributed by atoms with van der Waals surface area (Å²) in [5, 5.41) is 3.75. The molecule has 1 unspecified atom stereocenters. The van der Waals surface area contributed by atoms with E-state index in [9.17, 15) is 0 Å². The topological polar surface area (TPSA) is 12.0 Å². The average Bonchev–Trinajstić information content (AvgIpc) is 2.48. The van der Waals surface area contributed by atoms with Crippen LogP contribution in [0.4, 0.5) is 0 Å². The predicted molar refractivity (Wildman–Crippen MR) is 89.5 cm³/mol. The molecule has 2 aromatic carbocycles. The fraction of sp³-hybridized carbons (Fsp3) is 0.400. The predicted octanol–water partition coefficient (Wildman–Crippen LogP) is 4.90. The summed E-state index contributed by atoms with van der Waals surface area (Å²) in [5.41, 5.74) is 5.99. The first kappa shape index (κ1) is 14.3. The van der Waals surface area contributed by atoms with Gasteiger partial charge in [0.2, 0.25) is 0 Å². The Morgan fingerprint density at radius 3 is 2.52 bits per heavy atom. The van der Waals surface area contributed by atoms with Crippen molar-refractivity contribution in [1.29, 1.82) is 0 Å². The summed E-state index contributed by atoms with van der Waals surface area (Å²) in [4.78, 5) is 0. The van der Waals surface area contributed by atoms with Gasteiger partial charge in [0.25, 0.3) is 0 Å². The first-order chi connectivity index (χ1) is 10.1. The molecule has 0 amide bonds. The molecule has 1 atom stereocenters. The number of hydrogen-bond acceptors (Lipinski definition) is 1. The number of benzene rings is 2. The van der Waals surface area contributed by atoms with E-state index in [-0.39, 0.29) is 0 Å². The lowest BCUT2D eigenvalue weighted by Gasteiger charge is -2.37. The van der Waals surface area contributed by atoms with Crippen LogP contribution in [0.5, 0.6) is 0 Å². The second-order valence-corrected chi connectivity index (χ2v) is 6.93. The van der Waals surface area contributed by atoms with Gasteiger partial charge in [-0.2, -0.15) is 0 Å². The van der Waals surface area contributed by atoms with Crippen LogP contribution >= 0.6 is 0 Å². The Balaban J connectivity index is 1.76. The summed E-state index contributed by atoms with van der Waals surface area (Å²) in [6.07, 6.45) is 2.46. The standard InChI is InChI=1S/C20H25N/c1-15-8-10-16(11-9-15)14-21-19-12-13-20(2,3)18-7-5-4-6-17(18)19/h4-11,19,21H,12-14H2,1-3H3. The summed E-state index contributed by atoms with van der Waals surface area (Å²) in [6.45, 7) is 7.81. The van der Waals surface area contributed by atoms with Crippen molar-refractivity contribution >= 4 is 0 Å². The number of hydrogen-bond donors (Lipinski definition) is 1. The molecule has 0 bridgehead atoms. The average molecular weight is 279 g/mol. The Morgan fingerprint density at radius 2 is 1.76 bits per heavy atom. The largest absolute Gasteiger partial charge is 0.306 e. The molecule has 0 radical (unpaired) electrons. The van der Waals surface area contributed by atoms with Gasteiger partial charge in [-0.05, 0) is 41.9 Å². The zero-order valence-corrected chi connectivity index (χ0v) is 13.3. The third-order valence-corrected chi connectivity index (χ3v) is 4.80. The van der Waals surface area contributed by atoms with E-state index in [2.05, 4.69) is 74.6 Å². The lowest BCUT2D eigenvalue weighted by atomic mass is 9.71. The molecule has 1 aliphatic rings. The van der Waals surface area contributed by atoms with Crippen LogP contribution in [0.25, 0.3) is 0 Å². The van der Waals surface area contributed by atoms with Crippen molar-refractivity contribution in [1.82, 2.24) is 5.32 Å². The third kappa shape index (κ3) is 3.03. The van der Waals surface area contributed by atoms with Gasteiger partial charge in [0.1, 0.15) is 0 Å². The molecule has 0 spiro atoms. The van der Waals surface area contributed by atoms with Crippen LogP contribution in [-0.4, -0.2) is 0 Å². The normalized spacial score (nSPS) is 20.0. The van der Waals surface area contributed by atoms with Crippen molar-refractivity contribution in [2.24, 2.45) is 0 Å². The van der Waals surface area contributed by atoms with Gasteiger partial charge in [0.15, 0.2) is 0 Å². The molecular formula is C20H25N. The van der Waals surface area contributed by atoms with Gasteiger partial charge in [-0.3, -0.25) is 0 Å². The van der Waals surface area contributed by atoms with Crippen LogP contribution in [0, 0.1) is 6.92 Å². The zero-order chi connectivity index (χ0) is 14.9. The first-order valence-electron chi connectivity index (χ1n) is 7.94. The van der Waals surface area contributed by atoms with Crippen molar-refractivity contribution < 1.29 is 0 Å². The van der Waals surface area contributed by atoms with E-state index < -0.39 is 0 Å². The van der Waals surface area contributed by atoms with E-state index in [0.29, 0.717) is 11.5 Å². The quantitative estimate of drug-likeness (QED) is 0.843. The van der Waals surface area contributed by atoms with E-state index in [1.54, 1.807) is 0 Å². The van der Waals surface area contributed by atoms with E-state index >= 15 is 0 Å². The highest BCUT2D eigenvalue weighted by Crippen LogP contribution is 2.41. The molecular weight excluding hydrogens is 254 g/mol. The first-order valence-corrected chi connectivity index (χ1v) is 7.94. The fourth-order valence-corrected chi connectivity index (χ4v) is 3.37. The van der Waals surface area contributed by atoms with Crippen molar-refractivity contribution in [2.45, 2.75) is 51.6 Å². The second kappa shape index (κ2) is 5.65. The van der Waals surface area contributed by atoms with Gasteiger partial charge in [0.05, 0.1) is 0 Å². The maximum atomic E-state index is 3.75. The van der Waals surface area contributed by atoms with E-state index in [4.69, 9.17) is 0 Å². The van der Waals surface area contributed by atoms with E-state index in [0.717, 1.165) is 6.54 Å². The van der Waals surface area contributed by atoms with E-state index in [1.807, 2.05) is 0 Å². The molecule has 0 saturated carbocycles. The molecule has 1 aliphatic carbocycles. The summed E-state index contributed by atoms with van der Waals surface area (Å²) >= 11 is 0. The number of nitrogens with one attached hydrogen (secondary N) is 1. The molecule has 0 fully saturated rings. The third-order valence-electron chi connectivity index (χ3n) is 4.80. The van der Waals surface area contributed by atoms with Gasteiger partial charge in [0, 0.05) is 12.6 Å². The Hall–Kier alpha value is -1.60. The lowest BCUT2D eigenvalue weighted by molar-refractivity contribution is 0.357. The van der Waals surface area contributed by atoms with Crippen LogP contribution in [0.3, 0.4) is 0 Å². The monoisotopic (exact) mass is 279 g/mol. The molecule has 110 valence electrons. The highest BCUT2D eigenvalue weighted by Gasteiger charge is 2.31. The zero-order valence-electron chi connectivity index (χ0n) is 13.3. The van der Waals surface area contributed by atoms with Crippen LogP contribution in [0.15, 0.2) is 48.5 Å². The molecule has 1 heteroatoms. The Kier molecular flexibility index (Phi) is 3.86. The fourth-order valence-electron chi connectivity index (χ4n) is 3.37. The van der Waals surface area contributed by atoms with Crippen LogP contribution < -0.4 is 5.32 Å². The van der Waals surface area contributed by atoms with Crippen LogP contribution in [-0.2, 0) is 12.0 Å². The maximum absolute atomic E-state index is 3.75. The molecule has 1 nitrogen and oxygen atoms in total. The molecule has 0 aliphatic heterocycles. The van der Waals surface area contributed by atoms with Gasteiger partial charge < -0.3 is 5.32 Å². The van der Waals surface area contributed by atoms with E-state index in [1.165, 1.54) is 35.1 Å². The highest BCUT2D eigenvalue weighted by molar-refractivity contribution is 5.38. The minimum Gasteiger partial charge on any atom is -0.306 e. The summed E-state index contributed by atoms with van der Waals surface area (Å²) < 4.78 is 0. The SMILES string of the molecule is Cc1ccc(CNC2CCC(C)(C)c3ccccc32)cc1. The minimum absolute atomic E-state index is 0.304. The molecule has 0 saturated heterocycles. The number of aryl methyl sites for hydroxylation is 1. The molecule has 0 heterocycles. The summed E-state index contributed by atoms with van der Waals surface area (Å²) in [7, 11) is 0. The summed E-state index contributed by atoms with van der Waals surface area (Å²) in [5.74, 6) is 0. The number of rotatable bonds is 3.